The minimum absolute atomic E-state index is 0.213. The largest absolute Gasteiger partial charge is 0.384 e. The number of allylic oxidation sites excluding steroid dienone is 2. The van der Waals surface area contributed by atoms with Crippen molar-refractivity contribution in [3.63, 3.8) is 0 Å². The molecular weight excluding hydrogens is 316 g/mol. The van der Waals surface area contributed by atoms with Crippen LogP contribution in [0.5, 0.6) is 0 Å². The molecule has 128 valence electrons. The Hall–Kier alpha value is -2.64. The van der Waals surface area contributed by atoms with Crippen molar-refractivity contribution < 1.29 is 5.11 Å². The van der Waals surface area contributed by atoms with Crippen molar-refractivity contribution >= 4 is 0 Å². The molecule has 0 aromatic heterocycles. The molecule has 1 nitrogen and oxygen atoms in total. The molecule has 3 aromatic carbocycles. The minimum Gasteiger partial charge on any atom is -0.384 e. The first kappa shape index (κ1) is 15.6. The average molecular weight is 338 g/mol. The summed E-state index contributed by atoms with van der Waals surface area (Å²) in [5, 5.41) is 12.3. The van der Waals surface area contributed by atoms with Crippen molar-refractivity contribution in [2.24, 2.45) is 11.8 Å². The number of fused-ring (bicyclic) bond motifs is 1. The van der Waals surface area contributed by atoms with Gasteiger partial charge in [-0.05, 0) is 29.0 Å². The number of rotatable bonds is 3. The second kappa shape index (κ2) is 5.69. The molecule has 1 heteroatoms. The Morgan fingerprint density at radius 2 is 1.12 bits per heavy atom. The van der Waals surface area contributed by atoms with Crippen molar-refractivity contribution in [1.82, 2.24) is 0 Å². The van der Waals surface area contributed by atoms with Gasteiger partial charge in [-0.15, -0.1) is 0 Å². The SMILES string of the molecule is O[C@]1(c2ccccc2)[C@@H]2CC=C[C@@H]2C1(c1ccccc1)c1ccccc1. The number of benzene rings is 3. The van der Waals surface area contributed by atoms with Crippen molar-refractivity contribution in [3.05, 3.63) is 120 Å². The summed E-state index contributed by atoms with van der Waals surface area (Å²) in [6, 6.07) is 31.3. The van der Waals surface area contributed by atoms with E-state index in [4.69, 9.17) is 0 Å². The van der Waals surface area contributed by atoms with Gasteiger partial charge in [-0.25, -0.2) is 0 Å². The lowest BCUT2D eigenvalue weighted by molar-refractivity contribution is -0.190. The first-order chi connectivity index (χ1) is 12.8. The molecule has 2 aliphatic rings. The Morgan fingerprint density at radius 1 is 0.654 bits per heavy atom. The average Bonchev–Trinajstić information content (AvgIpc) is 3.17. The third-order valence-corrected chi connectivity index (χ3v) is 6.48. The maximum atomic E-state index is 12.3. The summed E-state index contributed by atoms with van der Waals surface area (Å²) in [5.74, 6) is 0.516. The number of hydrogen-bond acceptors (Lipinski definition) is 1. The van der Waals surface area contributed by atoms with Gasteiger partial charge in [0.1, 0.15) is 5.60 Å². The third-order valence-electron chi connectivity index (χ3n) is 6.48. The van der Waals surface area contributed by atoms with Crippen LogP contribution >= 0.6 is 0 Å². The number of hydrogen-bond donors (Lipinski definition) is 1. The molecular formula is C25H22O. The second-order valence-electron chi connectivity index (χ2n) is 7.47. The Bertz CT molecular complexity index is 890. The molecule has 0 heterocycles. The molecule has 26 heavy (non-hydrogen) atoms. The molecule has 0 saturated heterocycles. The van der Waals surface area contributed by atoms with Crippen LogP contribution in [0.1, 0.15) is 23.1 Å². The van der Waals surface area contributed by atoms with E-state index in [1.165, 1.54) is 11.1 Å². The van der Waals surface area contributed by atoms with E-state index in [9.17, 15) is 5.11 Å². The van der Waals surface area contributed by atoms with Crippen LogP contribution < -0.4 is 0 Å². The number of aliphatic hydroxyl groups is 1. The van der Waals surface area contributed by atoms with Crippen molar-refractivity contribution in [2.75, 3.05) is 0 Å². The molecule has 3 aromatic rings. The standard InChI is InChI=1S/C25H22O/c26-25(21-15-8-3-9-16-21)23-18-10-17-22(23)24(25,19-11-4-1-5-12-19)20-13-6-2-7-14-20/h1-17,22-23,26H,18H2/t22-,23+,25+/m0/s1. The van der Waals surface area contributed by atoms with Crippen molar-refractivity contribution in [2.45, 2.75) is 17.4 Å². The first-order valence-corrected chi connectivity index (χ1v) is 9.35. The van der Waals surface area contributed by atoms with Gasteiger partial charge in [0.15, 0.2) is 0 Å². The highest BCUT2D eigenvalue weighted by molar-refractivity contribution is 5.56. The van der Waals surface area contributed by atoms with Gasteiger partial charge < -0.3 is 5.11 Å². The smallest absolute Gasteiger partial charge is 0.108 e. The molecule has 1 fully saturated rings. The van der Waals surface area contributed by atoms with Gasteiger partial charge in [-0.1, -0.05) is 103 Å². The van der Waals surface area contributed by atoms with Crippen LogP contribution in [0.25, 0.3) is 0 Å². The van der Waals surface area contributed by atoms with Crippen LogP contribution in [0.15, 0.2) is 103 Å². The Labute approximate surface area is 154 Å². The molecule has 3 atom stereocenters. The lowest BCUT2D eigenvalue weighted by Gasteiger charge is -2.66. The molecule has 0 spiro atoms. The normalized spacial score (nSPS) is 28.3. The topological polar surface area (TPSA) is 20.2 Å². The summed E-state index contributed by atoms with van der Waals surface area (Å²) >= 11 is 0. The summed E-state index contributed by atoms with van der Waals surface area (Å²) in [5.41, 5.74) is 1.99. The van der Waals surface area contributed by atoms with Gasteiger partial charge in [-0.3, -0.25) is 0 Å². The van der Waals surface area contributed by atoms with E-state index in [0.717, 1.165) is 12.0 Å². The lowest BCUT2D eigenvalue weighted by atomic mass is 9.39. The second-order valence-corrected chi connectivity index (χ2v) is 7.47. The molecule has 1 N–H and O–H groups in total. The molecule has 1 saturated carbocycles. The molecule has 0 radical (unpaired) electrons. The minimum atomic E-state index is -0.925. The fraction of sp³-hybridized carbons (Fsp3) is 0.200. The zero-order valence-electron chi connectivity index (χ0n) is 14.6. The fourth-order valence-corrected chi connectivity index (χ4v) is 5.51. The quantitative estimate of drug-likeness (QED) is 0.661. The highest BCUT2D eigenvalue weighted by atomic mass is 16.3. The van der Waals surface area contributed by atoms with Gasteiger partial charge in [0.25, 0.3) is 0 Å². The predicted octanol–water partition coefficient (Wildman–Crippen LogP) is 5.07. The monoisotopic (exact) mass is 338 g/mol. The summed E-state index contributed by atoms with van der Waals surface area (Å²) in [6.07, 6.45) is 5.50. The van der Waals surface area contributed by atoms with Crippen LogP contribution in [0.4, 0.5) is 0 Å². The fourth-order valence-electron chi connectivity index (χ4n) is 5.51. The Kier molecular flexibility index (Phi) is 3.41. The van der Waals surface area contributed by atoms with E-state index < -0.39 is 11.0 Å². The van der Waals surface area contributed by atoms with Crippen LogP contribution in [-0.2, 0) is 11.0 Å². The summed E-state index contributed by atoms with van der Waals surface area (Å²) in [6.45, 7) is 0. The van der Waals surface area contributed by atoms with Crippen LogP contribution in [0, 0.1) is 11.8 Å². The van der Waals surface area contributed by atoms with Gasteiger partial charge in [0.05, 0.1) is 5.41 Å². The van der Waals surface area contributed by atoms with Gasteiger partial charge in [0.2, 0.25) is 0 Å². The van der Waals surface area contributed by atoms with E-state index in [0.29, 0.717) is 5.92 Å². The summed E-state index contributed by atoms with van der Waals surface area (Å²) in [4.78, 5) is 0. The zero-order chi connectivity index (χ0) is 17.6. The molecule has 0 bridgehead atoms. The molecule has 5 rings (SSSR count). The highest BCUT2D eigenvalue weighted by Gasteiger charge is 2.72. The molecule has 0 unspecified atom stereocenters. The van der Waals surface area contributed by atoms with Crippen molar-refractivity contribution in [3.8, 4) is 0 Å². The molecule has 0 aliphatic heterocycles. The highest BCUT2D eigenvalue weighted by Crippen LogP contribution is 2.70. The third kappa shape index (κ3) is 1.79. The van der Waals surface area contributed by atoms with Gasteiger partial charge >= 0.3 is 0 Å². The molecule has 0 amide bonds. The van der Waals surface area contributed by atoms with Crippen LogP contribution in [0.2, 0.25) is 0 Å². The van der Waals surface area contributed by atoms with Gasteiger partial charge in [-0.2, -0.15) is 0 Å². The first-order valence-electron chi connectivity index (χ1n) is 9.35. The summed E-state index contributed by atoms with van der Waals surface area (Å²) in [7, 11) is 0. The maximum Gasteiger partial charge on any atom is 0.108 e. The lowest BCUT2D eigenvalue weighted by Crippen LogP contribution is -2.70. The van der Waals surface area contributed by atoms with E-state index in [1.54, 1.807) is 0 Å². The van der Waals surface area contributed by atoms with E-state index in [1.807, 2.05) is 30.3 Å². The summed E-state index contributed by atoms with van der Waals surface area (Å²) < 4.78 is 0. The maximum absolute atomic E-state index is 12.3. The van der Waals surface area contributed by atoms with E-state index >= 15 is 0 Å². The predicted molar refractivity (Wildman–Crippen MR) is 105 cm³/mol. The van der Waals surface area contributed by atoms with Crippen LogP contribution in [0.3, 0.4) is 0 Å². The molecule has 2 aliphatic carbocycles. The Balaban J connectivity index is 1.84. The van der Waals surface area contributed by atoms with Crippen molar-refractivity contribution in [1.29, 1.82) is 0 Å². The zero-order valence-corrected chi connectivity index (χ0v) is 14.6. The van der Waals surface area contributed by atoms with Gasteiger partial charge in [0, 0.05) is 5.92 Å². The van der Waals surface area contributed by atoms with E-state index in [-0.39, 0.29) is 5.92 Å². The Morgan fingerprint density at radius 3 is 1.62 bits per heavy atom. The van der Waals surface area contributed by atoms with Crippen LogP contribution in [-0.4, -0.2) is 5.11 Å². The van der Waals surface area contributed by atoms with E-state index in [2.05, 4.69) is 72.8 Å².